The number of nitro benzene ring substituents is 1. The zero-order chi connectivity index (χ0) is 15.6. The number of carbonyl (C=O) groups excluding carboxylic acids is 1. The average Bonchev–Trinajstić information content (AvgIpc) is 2.43. The topological polar surface area (TPSA) is 111 Å². The minimum Gasteiger partial charge on any atom is -0.392 e. The van der Waals surface area contributed by atoms with E-state index in [-0.39, 0.29) is 16.3 Å². The highest BCUT2D eigenvalue weighted by molar-refractivity contribution is 9.10. The normalized spacial score (nSPS) is 10.2. The number of hydrogen-bond donors (Lipinski definition) is 2. The molecule has 0 atom stereocenters. The van der Waals surface area contributed by atoms with Crippen molar-refractivity contribution in [2.45, 2.75) is 0 Å². The van der Waals surface area contributed by atoms with Gasteiger partial charge in [-0.2, -0.15) is 0 Å². The predicted molar refractivity (Wildman–Crippen MR) is 82.4 cm³/mol. The van der Waals surface area contributed by atoms with Gasteiger partial charge in [-0.25, -0.2) is 0 Å². The van der Waals surface area contributed by atoms with Crippen molar-refractivity contribution in [3.05, 3.63) is 55.8 Å². The van der Waals surface area contributed by atoms with Crippen molar-refractivity contribution in [2.75, 3.05) is 11.1 Å². The molecule has 0 aliphatic heterocycles. The van der Waals surface area contributed by atoms with Crippen LogP contribution in [0.5, 0.6) is 0 Å². The highest BCUT2D eigenvalue weighted by atomic mass is 79.9. The highest BCUT2D eigenvalue weighted by Gasteiger charge is 2.19. The Balaban J connectivity index is 2.36. The number of rotatable bonds is 3. The number of aromatic nitrogens is 1. The van der Waals surface area contributed by atoms with Crippen LogP contribution in [-0.4, -0.2) is 15.8 Å². The zero-order valence-electron chi connectivity index (χ0n) is 10.3. The van der Waals surface area contributed by atoms with Gasteiger partial charge in [-0.3, -0.25) is 19.9 Å². The summed E-state index contributed by atoms with van der Waals surface area (Å²) in [6.45, 7) is 0. The van der Waals surface area contributed by atoms with Crippen LogP contribution in [0.3, 0.4) is 0 Å². The van der Waals surface area contributed by atoms with Crippen LogP contribution in [0.25, 0.3) is 0 Å². The molecule has 21 heavy (non-hydrogen) atoms. The zero-order valence-corrected chi connectivity index (χ0v) is 12.7. The number of hydrogen-bond acceptors (Lipinski definition) is 5. The van der Waals surface area contributed by atoms with Crippen LogP contribution in [0.1, 0.15) is 10.4 Å². The van der Waals surface area contributed by atoms with Crippen LogP contribution < -0.4 is 11.1 Å². The third kappa shape index (κ3) is 3.29. The highest BCUT2D eigenvalue weighted by Crippen LogP contribution is 2.31. The quantitative estimate of drug-likeness (QED) is 0.489. The Morgan fingerprint density at radius 3 is 2.81 bits per heavy atom. The fraction of sp³-hybridized carbons (Fsp3) is 0. The lowest BCUT2D eigenvalue weighted by Crippen LogP contribution is -2.13. The van der Waals surface area contributed by atoms with Crippen LogP contribution in [0.2, 0.25) is 5.02 Å². The van der Waals surface area contributed by atoms with E-state index in [0.29, 0.717) is 10.2 Å². The molecule has 2 rings (SSSR count). The van der Waals surface area contributed by atoms with E-state index in [0.717, 1.165) is 6.07 Å². The number of anilines is 2. The Hall–Kier alpha value is -2.19. The van der Waals surface area contributed by atoms with E-state index >= 15 is 0 Å². The summed E-state index contributed by atoms with van der Waals surface area (Å²) in [4.78, 5) is 26.2. The maximum atomic E-state index is 12.1. The first-order valence-corrected chi connectivity index (χ1v) is 6.71. The molecule has 3 N–H and O–H groups in total. The van der Waals surface area contributed by atoms with Crippen molar-refractivity contribution < 1.29 is 9.72 Å². The molecule has 0 saturated carbocycles. The Bertz CT molecular complexity index is 738. The second-order valence-corrected chi connectivity index (χ2v) is 5.22. The molecule has 108 valence electrons. The van der Waals surface area contributed by atoms with Gasteiger partial charge in [0, 0.05) is 24.0 Å². The molecule has 9 heteroatoms. The van der Waals surface area contributed by atoms with E-state index in [9.17, 15) is 14.9 Å². The first kappa shape index (κ1) is 15.2. The van der Waals surface area contributed by atoms with Crippen molar-refractivity contribution in [1.29, 1.82) is 0 Å². The van der Waals surface area contributed by atoms with Crippen LogP contribution >= 0.6 is 27.5 Å². The summed E-state index contributed by atoms with van der Waals surface area (Å²) in [6.07, 6.45) is 3.01. The lowest BCUT2D eigenvalue weighted by molar-refractivity contribution is -0.383. The molecular weight excluding hydrogens is 364 g/mol. The number of nitrogen functional groups attached to an aromatic ring is 1. The molecule has 0 aliphatic carbocycles. The van der Waals surface area contributed by atoms with Gasteiger partial charge in [0.25, 0.3) is 11.6 Å². The average molecular weight is 372 g/mol. The van der Waals surface area contributed by atoms with Crippen molar-refractivity contribution >= 4 is 50.5 Å². The third-order valence-corrected chi connectivity index (χ3v) is 3.53. The molecule has 0 spiro atoms. The molecule has 1 amide bonds. The van der Waals surface area contributed by atoms with Crippen LogP contribution in [0, 0.1) is 10.1 Å². The van der Waals surface area contributed by atoms with Crippen molar-refractivity contribution in [3.63, 3.8) is 0 Å². The van der Waals surface area contributed by atoms with Crippen molar-refractivity contribution in [1.82, 2.24) is 4.98 Å². The van der Waals surface area contributed by atoms with E-state index in [1.165, 1.54) is 18.5 Å². The molecule has 1 aromatic carbocycles. The standard InChI is InChI=1S/C12H8BrClN4O3/c13-7-5-16-2-1-9(7)17-12(19)6-3-8(14)11(15)10(4-6)18(20)21/h1-5H,15H2,(H,16,17,19). The maximum Gasteiger partial charge on any atom is 0.294 e. The number of nitrogens with zero attached hydrogens (tertiary/aromatic N) is 2. The van der Waals surface area contributed by atoms with Gasteiger partial charge in [-0.05, 0) is 28.1 Å². The molecule has 0 unspecified atom stereocenters. The molecule has 0 saturated heterocycles. The maximum absolute atomic E-state index is 12.1. The smallest absolute Gasteiger partial charge is 0.294 e. The number of benzene rings is 1. The van der Waals surface area contributed by atoms with Gasteiger partial charge in [0.2, 0.25) is 0 Å². The minimum atomic E-state index is -0.694. The number of carbonyl (C=O) groups is 1. The molecule has 0 bridgehead atoms. The fourth-order valence-corrected chi connectivity index (χ4v) is 2.12. The minimum absolute atomic E-state index is 0.0320. The summed E-state index contributed by atoms with van der Waals surface area (Å²) in [5, 5.41) is 13.4. The van der Waals surface area contributed by atoms with Crippen LogP contribution in [0.15, 0.2) is 35.1 Å². The second-order valence-electron chi connectivity index (χ2n) is 3.96. The number of amides is 1. The van der Waals surface area contributed by atoms with Gasteiger partial charge in [0.15, 0.2) is 0 Å². The molecule has 0 fully saturated rings. The summed E-state index contributed by atoms with van der Waals surface area (Å²) in [5.41, 5.74) is 5.42. The summed E-state index contributed by atoms with van der Waals surface area (Å²) >= 11 is 9.04. The molecular formula is C12H8BrClN4O3. The number of nitrogens with two attached hydrogens (primary N) is 1. The van der Waals surface area contributed by atoms with Crippen molar-refractivity contribution in [2.24, 2.45) is 0 Å². The van der Waals surface area contributed by atoms with Gasteiger partial charge in [-0.1, -0.05) is 11.6 Å². The van der Waals surface area contributed by atoms with Crippen molar-refractivity contribution in [3.8, 4) is 0 Å². The number of nitro groups is 1. The third-order valence-electron chi connectivity index (χ3n) is 2.59. The molecule has 0 aliphatic rings. The Morgan fingerprint density at radius 2 is 2.19 bits per heavy atom. The Labute approximate surface area is 132 Å². The lowest BCUT2D eigenvalue weighted by Gasteiger charge is -2.08. The van der Waals surface area contributed by atoms with Gasteiger partial charge in [0.05, 0.1) is 20.1 Å². The molecule has 7 nitrogen and oxygen atoms in total. The van der Waals surface area contributed by atoms with Gasteiger partial charge in [0.1, 0.15) is 5.69 Å². The largest absolute Gasteiger partial charge is 0.392 e. The second kappa shape index (κ2) is 6.06. The lowest BCUT2D eigenvalue weighted by atomic mass is 10.1. The molecule has 1 heterocycles. The number of nitrogens with one attached hydrogen (secondary N) is 1. The van der Waals surface area contributed by atoms with E-state index < -0.39 is 16.5 Å². The summed E-state index contributed by atoms with van der Waals surface area (Å²) in [6, 6.07) is 3.93. The van der Waals surface area contributed by atoms with E-state index in [2.05, 4.69) is 26.2 Å². The fourth-order valence-electron chi connectivity index (χ4n) is 1.56. The van der Waals surface area contributed by atoms with E-state index in [1.807, 2.05) is 0 Å². The monoisotopic (exact) mass is 370 g/mol. The van der Waals surface area contributed by atoms with Gasteiger partial charge < -0.3 is 11.1 Å². The van der Waals surface area contributed by atoms with Gasteiger partial charge >= 0.3 is 0 Å². The van der Waals surface area contributed by atoms with Crippen LogP contribution in [0.4, 0.5) is 17.1 Å². The summed E-state index contributed by atoms with van der Waals surface area (Å²) in [7, 11) is 0. The summed E-state index contributed by atoms with van der Waals surface area (Å²) in [5.74, 6) is -0.549. The Morgan fingerprint density at radius 1 is 1.48 bits per heavy atom. The van der Waals surface area contributed by atoms with E-state index in [1.54, 1.807) is 6.07 Å². The first-order valence-electron chi connectivity index (χ1n) is 5.54. The molecule has 0 radical (unpaired) electrons. The van der Waals surface area contributed by atoms with Crippen LogP contribution in [-0.2, 0) is 0 Å². The molecule has 2 aromatic rings. The van der Waals surface area contributed by atoms with Gasteiger partial charge in [-0.15, -0.1) is 0 Å². The summed E-state index contributed by atoms with van der Waals surface area (Å²) < 4.78 is 0.578. The number of halogens is 2. The SMILES string of the molecule is Nc1c(Cl)cc(C(=O)Nc2ccncc2Br)cc1[N+](=O)[O-]. The number of pyridine rings is 1. The van der Waals surface area contributed by atoms with E-state index in [4.69, 9.17) is 17.3 Å². The predicted octanol–water partition coefficient (Wildman–Crippen LogP) is 3.24. The Kier molecular flexibility index (Phi) is 4.39. The molecule has 1 aromatic heterocycles. The first-order chi connectivity index (χ1) is 9.90.